The summed E-state index contributed by atoms with van der Waals surface area (Å²) in [5.41, 5.74) is 3.28. The van der Waals surface area contributed by atoms with E-state index in [1.165, 1.54) is 0 Å². The monoisotopic (exact) mass is 335 g/mol. The van der Waals surface area contributed by atoms with Gasteiger partial charge in [0.2, 0.25) is 0 Å². The Kier molecular flexibility index (Phi) is 5.32. The number of carbonyl (C=O) groups is 1. The fourth-order valence-electron chi connectivity index (χ4n) is 3.03. The van der Waals surface area contributed by atoms with E-state index < -0.39 is 0 Å². The number of nitriles is 1. The van der Waals surface area contributed by atoms with Gasteiger partial charge in [0.1, 0.15) is 0 Å². The highest BCUT2D eigenvalue weighted by Gasteiger charge is 2.18. The Morgan fingerprint density at radius 1 is 1.20 bits per heavy atom. The van der Waals surface area contributed by atoms with Crippen molar-refractivity contribution < 1.29 is 9.53 Å². The Labute approximate surface area is 148 Å². The van der Waals surface area contributed by atoms with Crippen LogP contribution in [0.1, 0.15) is 21.5 Å². The summed E-state index contributed by atoms with van der Waals surface area (Å²) in [6, 6.07) is 17.0. The zero-order valence-corrected chi connectivity index (χ0v) is 14.3. The fourth-order valence-corrected chi connectivity index (χ4v) is 3.03. The number of amides is 1. The van der Waals surface area contributed by atoms with Crippen molar-refractivity contribution in [2.24, 2.45) is 0 Å². The lowest BCUT2D eigenvalue weighted by Gasteiger charge is -2.31. The molecule has 0 saturated carbocycles. The van der Waals surface area contributed by atoms with Gasteiger partial charge in [-0.25, -0.2) is 0 Å². The minimum Gasteiger partial charge on any atom is -0.378 e. The third-order valence-corrected chi connectivity index (χ3v) is 4.34. The van der Waals surface area contributed by atoms with E-state index >= 15 is 0 Å². The van der Waals surface area contributed by atoms with Gasteiger partial charge >= 0.3 is 0 Å². The van der Waals surface area contributed by atoms with Crippen molar-refractivity contribution in [1.29, 1.82) is 5.26 Å². The molecule has 1 aliphatic heterocycles. The molecule has 5 nitrogen and oxygen atoms in total. The number of ether oxygens (including phenoxy) is 1. The van der Waals surface area contributed by atoms with Crippen LogP contribution in [0.2, 0.25) is 0 Å². The number of benzene rings is 2. The molecule has 0 radical (unpaired) electrons. The van der Waals surface area contributed by atoms with Crippen LogP contribution in [0.3, 0.4) is 0 Å². The van der Waals surface area contributed by atoms with Crippen LogP contribution in [-0.2, 0) is 11.3 Å². The van der Waals surface area contributed by atoms with Gasteiger partial charge in [-0.1, -0.05) is 24.3 Å². The van der Waals surface area contributed by atoms with Gasteiger partial charge in [-0.15, -0.1) is 0 Å². The number of hydrogen-bond donors (Lipinski definition) is 0. The zero-order valence-electron chi connectivity index (χ0n) is 14.3. The molecule has 1 amide bonds. The highest BCUT2D eigenvalue weighted by Crippen LogP contribution is 2.23. The molecule has 25 heavy (non-hydrogen) atoms. The summed E-state index contributed by atoms with van der Waals surface area (Å²) in [6.07, 6.45) is 0. The average Bonchev–Trinajstić information content (AvgIpc) is 2.68. The number of carbonyl (C=O) groups excluding carboxylic acids is 1. The number of morpholine rings is 1. The SMILES string of the molecule is CN(Cc1ccccc1N1CCOCC1)C(=O)c1cccc(C#N)c1. The van der Waals surface area contributed by atoms with Crippen molar-refractivity contribution in [2.75, 3.05) is 38.3 Å². The Morgan fingerprint density at radius 2 is 1.96 bits per heavy atom. The molecule has 0 bridgehead atoms. The number of rotatable bonds is 4. The zero-order chi connectivity index (χ0) is 17.6. The normalized spacial score (nSPS) is 14.0. The molecule has 1 saturated heterocycles. The number of hydrogen-bond acceptors (Lipinski definition) is 4. The molecule has 0 spiro atoms. The molecule has 5 heteroatoms. The first-order valence-electron chi connectivity index (χ1n) is 8.35. The summed E-state index contributed by atoms with van der Waals surface area (Å²) >= 11 is 0. The second-order valence-electron chi connectivity index (χ2n) is 6.08. The van der Waals surface area contributed by atoms with Crippen LogP contribution in [0.15, 0.2) is 48.5 Å². The van der Waals surface area contributed by atoms with Gasteiger partial charge in [0, 0.05) is 37.9 Å². The average molecular weight is 335 g/mol. The quantitative estimate of drug-likeness (QED) is 0.862. The molecule has 1 aliphatic rings. The summed E-state index contributed by atoms with van der Waals surface area (Å²) in [4.78, 5) is 16.7. The molecule has 3 rings (SSSR count). The van der Waals surface area contributed by atoms with E-state index in [2.05, 4.69) is 23.1 Å². The third-order valence-electron chi connectivity index (χ3n) is 4.34. The number of anilines is 1. The lowest BCUT2D eigenvalue weighted by Crippen LogP contribution is -2.37. The smallest absolute Gasteiger partial charge is 0.253 e. The Morgan fingerprint density at radius 3 is 2.72 bits per heavy atom. The van der Waals surface area contributed by atoms with Crippen LogP contribution >= 0.6 is 0 Å². The Balaban J connectivity index is 1.77. The first kappa shape index (κ1) is 17.0. The van der Waals surface area contributed by atoms with E-state index in [9.17, 15) is 4.79 Å². The molecule has 2 aromatic rings. The van der Waals surface area contributed by atoms with Crippen molar-refractivity contribution in [3.05, 3.63) is 65.2 Å². The summed E-state index contributed by atoms with van der Waals surface area (Å²) in [6.45, 7) is 3.69. The van der Waals surface area contributed by atoms with Crippen LogP contribution in [-0.4, -0.2) is 44.2 Å². The predicted octanol–water partition coefficient (Wildman–Crippen LogP) is 2.67. The molecule has 0 N–H and O–H groups in total. The Hall–Kier alpha value is -2.84. The molecule has 0 aromatic heterocycles. The first-order valence-corrected chi connectivity index (χ1v) is 8.35. The topological polar surface area (TPSA) is 56.6 Å². The van der Waals surface area contributed by atoms with Crippen molar-refractivity contribution >= 4 is 11.6 Å². The molecule has 1 heterocycles. The maximum absolute atomic E-state index is 12.7. The van der Waals surface area contributed by atoms with Crippen LogP contribution in [0, 0.1) is 11.3 Å². The van der Waals surface area contributed by atoms with Crippen LogP contribution < -0.4 is 4.90 Å². The summed E-state index contributed by atoms with van der Waals surface area (Å²) in [7, 11) is 1.79. The predicted molar refractivity (Wildman–Crippen MR) is 96.4 cm³/mol. The van der Waals surface area contributed by atoms with Crippen molar-refractivity contribution in [1.82, 2.24) is 4.90 Å². The van der Waals surface area contributed by atoms with Crippen LogP contribution in [0.5, 0.6) is 0 Å². The standard InChI is InChI=1S/C20H21N3O2/c1-22(20(24)17-7-4-5-16(13-17)14-21)15-18-6-2-3-8-19(18)23-9-11-25-12-10-23/h2-8,13H,9-12,15H2,1H3. The molecule has 0 unspecified atom stereocenters. The molecular formula is C20H21N3O2. The number of para-hydroxylation sites is 1. The molecule has 128 valence electrons. The lowest BCUT2D eigenvalue weighted by molar-refractivity contribution is 0.0785. The maximum atomic E-state index is 12.7. The summed E-state index contributed by atoms with van der Waals surface area (Å²) in [5.74, 6) is -0.0890. The minimum atomic E-state index is -0.0890. The second kappa shape index (κ2) is 7.82. The van der Waals surface area contributed by atoms with Crippen molar-refractivity contribution in [2.45, 2.75) is 6.54 Å². The summed E-state index contributed by atoms with van der Waals surface area (Å²) < 4.78 is 5.43. The van der Waals surface area contributed by atoms with Gasteiger partial charge in [0.25, 0.3) is 5.91 Å². The van der Waals surface area contributed by atoms with Gasteiger partial charge in [0.15, 0.2) is 0 Å². The molecular weight excluding hydrogens is 314 g/mol. The largest absolute Gasteiger partial charge is 0.378 e. The van der Waals surface area contributed by atoms with Crippen molar-refractivity contribution in [3.8, 4) is 6.07 Å². The third kappa shape index (κ3) is 3.98. The number of nitrogens with zero attached hydrogens (tertiary/aromatic N) is 3. The highest BCUT2D eigenvalue weighted by molar-refractivity contribution is 5.94. The van der Waals surface area contributed by atoms with Gasteiger partial charge in [-0.05, 0) is 29.8 Å². The summed E-state index contributed by atoms with van der Waals surface area (Å²) in [5, 5.41) is 9.01. The highest BCUT2D eigenvalue weighted by atomic mass is 16.5. The first-order chi connectivity index (χ1) is 12.2. The van der Waals surface area contributed by atoms with Crippen LogP contribution in [0.4, 0.5) is 5.69 Å². The van der Waals surface area contributed by atoms with E-state index in [0.29, 0.717) is 17.7 Å². The van der Waals surface area contributed by atoms with Crippen LogP contribution in [0.25, 0.3) is 0 Å². The van der Waals surface area contributed by atoms with Gasteiger partial charge in [-0.2, -0.15) is 5.26 Å². The van der Waals surface area contributed by atoms with Crippen molar-refractivity contribution in [3.63, 3.8) is 0 Å². The fraction of sp³-hybridized carbons (Fsp3) is 0.300. The van der Waals surface area contributed by atoms with E-state index in [0.717, 1.165) is 37.6 Å². The molecule has 0 aliphatic carbocycles. The van der Waals surface area contributed by atoms with Gasteiger partial charge < -0.3 is 14.5 Å². The second-order valence-corrected chi connectivity index (χ2v) is 6.08. The Bertz CT molecular complexity index is 792. The van der Waals surface area contributed by atoms with E-state index in [1.54, 1.807) is 36.2 Å². The van der Waals surface area contributed by atoms with E-state index in [4.69, 9.17) is 10.00 Å². The molecule has 1 fully saturated rings. The molecule has 0 atom stereocenters. The van der Waals surface area contributed by atoms with E-state index in [1.807, 2.05) is 12.1 Å². The van der Waals surface area contributed by atoms with Gasteiger partial charge in [0.05, 0.1) is 24.8 Å². The lowest BCUT2D eigenvalue weighted by atomic mass is 10.1. The van der Waals surface area contributed by atoms with E-state index in [-0.39, 0.29) is 5.91 Å². The maximum Gasteiger partial charge on any atom is 0.253 e. The molecule has 2 aromatic carbocycles. The van der Waals surface area contributed by atoms with Gasteiger partial charge in [-0.3, -0.25) is 4.79 Å². The minimum absolute atomic E-state index is 0.0890.